The lowest BCUT2D eigenvalue weighted by Gasteiger charge is -2.37. The molecule has 3 nitrogen and oxygen atoms in total. The molecule has 0 N–H and O–H groups in total. The summed E-state index contributed by atoms with van der Waals surface area (Å²) < 4.78 is 2.12. The van der Waals surface area contributed by atoms with E-state index >= 15 is 0 Å². The van der Waals surface area contributed by atoms with Gasteiger partial charge in [0.1, 0.15) is 0 Å². The van der Waals surface area contributed by atoms with E-state index in [1.165, 1.54) is 35.6 Å². The van der Waals surface area contributed by atoms with E-state index in [1.807, 2.05) is 0 Å². The third-order valence-corrected chi connectivity index (χ3v) is 6.86. The zero-order valence-corrected chi connectivity index (χ0v) is 14.5. The maximum atomic E-state index is 13.3. The van der Waals surface area contributed by atoms with Gasteiger partial charge in [-0.3, -0.25) is 4.79 Å². The maximum Gasteiger partial charge on any atom is 0.258 e. The normalized spacial score (nSPS) is 31.5. The monoisotopic (exact) mass is 322 g/mol. The van der Waals surface area contributed by atoms with E-state index in [1.54, 1.807) is 0 Å². The number of hydrogen-bond acceptors (Lipinski definition) is 2. The lowest BCUT2D eigenvalue weighted by Crippen LogP contribution is -2.51. The molecule has 3 heterocycles. The Morgan fingerprint density at radius 3 is 2.67 bits per heavy atom. The third kappa shape index (κ3) is 2.10. The number of pyridine rings is 1. The van der Waals surface area contributed by atoms with Gasteiger partial charge < -0.3 is 9.47 Å². The number of hydrogen-bond donors (Lipinski definition) is 0. The molecule has 0 unspecified atom stereocenters. The number of piperidine rings is 1. The van der Waals surface area contributed by atoms with Crippen LogP contribution in [0.2, 0.25) is 0 Å². The van der Waals surface area contributed by atoms with E-state index < -0.39 is 0 Å². The molecule has 4 aliphatic rings. The molecule has 2 aliphatic heterocycles. The first-order valence-corrected chi connectivity index (χ1v) is 9.57. The SMILES string of the molecule is CN1[C@@H]2CC[C@H]1C[C@H](n1cc3c4c(c1=O)=CC=CCC=4CCC3)C2. The molecule has 0 spiro atoms. The van der Waals surface area contributed by atoms with Gasteiger partial charge >= 0.3 is 0 Å². The Balaban J connectivity index is 1.69. The van der Waals surface area contributed by atoms with Gasteiger partial charge in [0.2, 0.25) is 0 Å². The fourth-order valence-electron chi connectivity index (χ4n) is 5.55. The van der Waals surface area contributed by atoms with Crippen LogP contribution in [-0.2, 0) is 6.42 Å². The predicted octanol–water partition coefficient (Wildman–Crippen LogP) is 1.87. The van der Waals surface area contributed by atoms with E-state index in [0.29, 0.717) is 18.1 Å². The van der Waals surface area contributed by atoms with Crippen molar-refractivity contribution in [2.45, 2.75) is 69.5 Å². The summed E-state index contributed by atoms with van der Waals surface area (Å²) in [5, 5.41) is 2.26. The second kappa shape index (κ2) is 5.45. The first-order valence-electron chi connectivity index (χ1n) is 9.57. The van der Waals surface area contributed by atoms with Gasteiger partial charge in [0.25, 0.3) is 5.56 Å². The van der Waals surface area contributed by atoms with Gasteiger partial charge in [-0.15, -0.1) is 0 Å². The van der Waals surface area contributed by atoms with Gasteiger partial charge in [-0.1, -0.05) is 17.7 Å². The molecule has 0 amide bonds. The Kier molecular flexibility index (Phi) is 3.34. The van der Waals surface area contributed by atoms with Gasteiger partial charge in [0.05, 0.1) is 0 Å². The summed E-state index contributed by atoms with van der Waals surface area (Å²) >= 11 is 0. The highest BCUT2D eigenvalue weighted by Gasteiger charge is 2.39. The van der Waals surface area contributed by atoms with Gasteiger partial charge in [-0.05, 0) is 75.3 Å². The number of fused-ring (bicyclic) bond motifs is 2. The predicted molar refractivity (Wildman–Crippen MR) is 97.4 cm³/mol. The van der Waals surface area contributed by atoms with Crippen molar-refractivity contribution in [3.05, 3.63) is 44.7 Å². The molecule has 1 aromatic rings. The zero-order valence-electron chi connectivity index (χ0n) is 14.5. The van der Waals surface area contributed by atoms with Crippen LogP contribution in [0.25, 0.3) is 11.6 Å². The minimum absolute atomic E-state index is 0.244. The van der Waals surface area contributed by atoms with E-state index in [-0.39, 0.29) is 5.56 Å². The fraction of sp³-hybridized carbons (Fsp3) is 0.571. The summed E-state index contributed by atoms with van der Waals surface area (Å²) in [5.74, 6) is 0. The second-order valence-electron chi connectivity index (χ2n) is 8.09. The van der Waals surface area contributed by atoms with Crippen LogP contribution in [-0.4, -0.2) is 28.6 Å². The van der Waals surface area contributed by atoms with Gasteiger partial charge in [-0.2, -0.15) is 0 Å². The van der Waals surface area contributed by atoms with Crippen molar-refractivity contribution < 1.29 is 0 Å². The van der Waals surface area contributed by atoms with Crippen LogP contribution < -0.4 is 16.0 Å². The molecule has 126 valence electrons. The summed E-state index contributed by atoms with van der Waals surface area (Å²) in [6.45, 7) is 0. The van der Waals surface area contributed by atoms with Crippen LogP contribution in [0.5, 0.6) is 0 Å². The van der Waals surface area contributed by atoms with E-state index in [2.05, 4.69) is 40.9 Å². The lowest BCUT2D eigenvalue weighted by atomic mass is 9.91. The first kappa shape index (κ1) is 14.7. The van der Waals surface area contributed by atoms with Crippen LogP contribution in [0.3, 0.4) is 0 Å². The number of rotatable bonds is 1. The fourth-order valence-corrected chi connectivity index (χ4v) is 5.55. The first-order chi connectivity index (χ1) is 11.7. The molecule has 0 saturated carbocycles. The van der Waals surface area contributed by atoms with Crippen LogP contribution in [0, 0.1) is 0 Å². The Morgan fingerprint density at radius 1 is 1.08 bits per heavy atom. The Hall–Kier alpha value is -1.61. The number of nitrogens with zero attached hydrogens (tertiary/aromatic N) is 2. The zero-order chi connectivity index (χ0) is 16.3. The van der Waals surface area contributed by atoms with E-state index in [4.69, 9.17) is 0 Å². The van der Waals surface area contributed by atoms with Gasteiger partial charge in [0, 0.05) is 29.5 Å². The van der Waals surface area contributed by atoms with Crippen molar-refractivity contribution in [2.75, 3.05) is 7.05 Å². The quantitative estimate of drug-likeness (QED) is 0.789. The average molecular weight is 322 g/mol. The summed E-state index contributed by atoms with van der Waals surface area (Å²) in [6.07, 6.45) is 18.0. The van der Waals surface area contributed by atoms with Crippen LogP contribution in [0.1, 0.15) is 56.6 Å². The summed E-state index contributed by atoms with van der Waals surface area (Å²) in [5.41, 5.74) is 3.13. The van der Waals surface area contributed by atoms with Gasteiger partial charge in [-0.25, -0.2) is 0 Å². The van der Waals surface area contributed by atoms with E-state index in [9.17, 15) is 4.79 Å². The molecule has 24 heavy (non-hydrogen) atoms. The van der Waals surface area contributed by atoms with Crippen molar-refractivity contribution in [2.24, 2.45) is 0 Å². The Bertz CT molecular complexity index is 878. The molecule has 3 atom stereocenters. The largest absolute Gasteiger partial charge is 0.312 e. The molecule has 0 radical (unpaired) electrons. The van der Waals surface area contributed by atoms with Crippen molar-refractivity contribution >= 4 is 11.6 Å². The second-order valence-corrected chi connectivity index (χ2v) is 8.09. The van der Waals surface area contributed by atoms with Crippen molar-refractivity contribution in [1.82, 2.24) is 9.47 Å². The third-order valence-electron chi connectivity index (χ3n) is 6.86. The summed E-state index contributed by atoms with van der Waals surface area (Å²) in [7, 11) is 2.27. The van der Waals surface area contributed by atoms with Gasteiger partial charge in [0.15, 0.2) is 0 Å². The highest BCUT2D eigenvalue weighted by molar-refractivity contribution is 5.56. The smallest absolute Gasteiger partial charge is 0.258 e. The summed E-state index contributed by atoms with van der Waals surface area (Å²) in [4.78, 5) is 15.8. The van der Waals surface area contributed by atoms with Crippen molar-refractivity contribution in [3.63, 3.8) is 0 Å². The Morgan fingerprint density at radius 2 is 1.88 bits per heavy atom. The number of aryl methyl sites for hydroxylation is 1. The molecule has 5 rings (SSSR count). The standard InChI is InChI=1S/C21H26N2O/c1-22-16-9-10-17(22)12-18(11-16)23-13-15-7-4-6-14-5-2-3-8-19(20(14)15)21(23)24/h2-3,8,13,16-18H,4-7,9-12H2,1H3/t16-,17+,18-. The van der Waals surface area contributed by atoms with E-state index in [0.717, 1.165) is 37.3 Å². The molecule has 2 saturated heterocycles. The molecule has 2 fully saturated rings. The lowest BCUT2D eigenvalue weighted by molar-refractivity contribution is 0.135. The minimum atomic E-state index is 0.244. The minimum Gasteiger partial charge on any atom is -0.312 e. The number of aromatic nitrogens is 1. The van der Waals surface area contributed by atoms with Crippen LogP contribution in [0.4, 0.5) is 0 Å². The molecule has 2 aliphatic carbocycles. The molecule has 1 aromatic heterocycles. The summed E-state index contributed by atoms with van der Waals surface area (Å²) in [6, 6.07) is 1.72. The highest BCUT2D eigenvalue weighted by Crippen LogP contribution is 2.39. The molecule has 3 heteroatoms. The highest BCUT2D eigenvalue weighted by atomic mass is 16.1. The molecular weight excluding hydrogens is 296 g/mol. The molecule has 2 bridgehead atoms. The molecular formula is C21H26N2O. The van der Waals surface area contributed by atoms with Crippen molar-refractivity contribution in [3.8, 4) is 0 Å². The maximum absolute atomic E-state index is 13.3. The van der Waals surface area contributed by atoms with Crippen LogP contribution >= 0.6 is 0 Å². The average Bonchev–Trinajstić information content (AvgIpc) is 2.80. The van der Waals surface area contributed by atoms with Crippen LogP contribution in [0.15, 0.2) is 23.1 Å². The van der Waals surface area contributed by atoms with Crippen molar-refractivity contribution in [1.29, 1.82) is 0 Å². The molecule has 0 aromatic carbocycles. The topological polar surface area (TPSA) is 25.2 Å². The Labute approximate surface area is 143 Å². The number of allylic oxidation sites excluding steroid dienone is 2.